The van der Waals surface area contributed by atoms with Gasteiger partial charge in [0.15, 0.2) is 5.13 Å². The van der Waals surface area contributed by atoms with Gasteiger partial charge in [-0.15, -0.1) is 36.2 Å². The molecule has 0 saturated heterocycles. The first-order valence-corrected chi connectivity index (χ1v) is 5.67. The lowest BCUT2D eigenvalue weighted by Gasteiger charge is -2.20. The summed E-state index contributed by atoms with van der Waals surface area (Å²) in [4.78, 5) is 18.9. The van der Waals surface area contributed by atoms with Crippen LogP contribution < -0.4 is 11.1 Å². The van der Waals surface area contributed by atoms with Crippen molar-refractivity contribution in [3.63, 3.8) is 0 Å². The SMILES string of the molecule is CN1CCc2nc(NC(=O)CN)sc2C1.Cl.Cl. The number of carbonyl (C=O) groups is 1. The first-order chi connectivity index (χ1) is 7.19. The van der Waals surface area contributed by atoms with Gasteiger partial charge in [-0.3, -0.25) is 4.79 Å². The van der Waals surface area contributed by atoms with E-state index in [0.717, 1.165) is 25.2 Å². The summed E-state index contributed by atoms with van der Waals surface area (Å²) in [6, 6.07) is 0. The van der Waals surface area contributed by atoms with E-state index in [1.54, 1.807) is 11.3 Å². The number of nitrogens with one attached hydrogen (secondary N) is 1. The molecule has 2 heterocycles. The fourth-order valence-corrected chi connectivity index (χ4v) is 2.65. The molecule has 0 saturated carbocycles. The van der Waals surface area contributed by atoms with Gasteiger partial charge in [-0.1, -0.05) is 0 Å². The Morgan fingerprint density at radius 1 is 1.59 bits per heavy atom. The number of fused-ring (bicyclic) bond motifs is 1. The summed E-state index contributed by atoms with van der Waals surface area (Å²) in [6.07, 6.45) is 0.959. The van der Waals surface area contributed by atoms with Gasteiger partial charge in [-0.05, 0) is 7.05 Å². The molecule has 1 aromatic rings. The van der Waals surface area contributed by atoms with Gasteiger partial charge < -0.3 is 16.0 Å². The first kappa shape index (κ1) is 16.6. The first-order valence-electron chi connectivity index (χ1n) is 4.86. The average molecular weight is 299 g/mol. The number of hydrogen-bond acceptors (Lipinski definition) is 5. The molecule has 0 aromatic carbocycles. The zero-order chi connectivity index (χ0) is 10.8. The van der Waals surface area contributed by atoms with Crippen molar-refractivity contribution in [2.24, 2.45) is 5.73 Å². The van der Waals surface area contributed by atoms with Crippen LogP contribution in [-0.2, 0) is 17.8 Å². The second-order valence-electron chi connectivity index (χ2n) is 3.63. The number of anilines is 1. The van der Waals surface area contributed by atoms with Gasteiger partial charge in [0.2, 0.25) is 5.91 Å². The molecule has 17 heavy (non-hydrogen) atoms. The second-order valence-corrected chi connectivity index (χ2v) is 4.71. The van der Waals surface area contributed by atoms with Crippen molar-refractivity contribution in [3.8, 4) is 0 Å². The fraction of sp³-hybridized carbons (Fsp3) is 0.556. The number of hydrogen-bond donors (Lipinski definition) is 2. The number of carbonyl (C=O) groups excluding carboxylic acids is 1. The average Bonchev–Trinajstić information content (AvgIpc) is 2.59. The summed E-state index contributed by atoms with van der Waals surface area (Å²) in [5.74, 6) is -0.186. The van der Waals surface area contributed by atoms with Gasteiger partial charge in [0.1, 0.15) is 0 Å². The highest BCUT2D eigenvalue weighted by atomic mass is 35.5. The van der Waals surface area contributed by atoms with E-state index in [-0.39, 0.29) is 37.3 Å². The number of aromatic nitrogens is 1. The van der Waals surface area contributed by atoms with Crippen LogP contribution in [0.3, 0.4) is 0 Å². The van der Waals surface area contributed by atoms with Crippen LogP contribution in [0, 0.1) is 0 Å². The Morgan fingerprint density at radius 3 is 2.94 bits per heavy atom. The Kier molecular flexibility index (Phi) is 6.96. The number of nitrogens with zero attached hydrogens (tertiary/aromatic N) is 2. The fourth-order valence-electron chi connectivity index (χ4n) is 1.55. The minimum Gasteiger partial charge on any atom is -0.322 e. The third-order valence-corrected chi connectivity index (χ3v) is 3.35. The molecule has 0 atom stereocenters. The Morgan fingerprint density at radius 2 is 2.29 bits per heavy atom. The monoisotopic (exact) mass is 298 g/mol. The molecule has 0 unspecified atom stereocenters. The molecule has 0 fully saturated rings. The van der Waals surface area contributed by atoms with Crippen molar-refractivity contribution in [2.75, 3.05) is 25.5 Å². The van der Waals surface area contributed by atoms with Gasteiger partial charge >= 0.3 is 0 Å². The smallest absolute Gasteiger partial charge is 0.239 e. The summed E-state index contributed by atoms with van der Waals surface area (Å²) < 4.78 is 0. The molecule has 1 aliphatic rings. The summed E-state index contributed by atoms with van der Waals surface area (Å²) in [7, 11) is 2.08. The lowest BCUT2D eigenvalue weighted by molar-refractivity contribution is -0.114. The molecule has 1 aliphatic heterocycles. The number of rotatable bonds is 2. The summed E-state index contributed by atoms with van der Waals surface area (Å²) in [5.41, 5.74) is 6.34. The number of amides is 1. The Labute approximate surface area is 117 Å². The largest absolute Gasteiger partial charge is 0.322 e. The summed E-state index contributed by atoms with van der Waals surface area (Å²) in [5, 5.41) is 3.36. The molecule has 0 spiro atoms. The van der Waals surface area contributed by atoms with E-state index in [1.807, 2.05) is 0 Å². The zero-order valence-electron chi connectivity index (χ0n) is 9.43. The summed E-state index contributed by atoms with van der Waals surface area (Å²) in [6.45, 7) is 1.96. The van der Waals surface area contributed by atoms with Gasteiger partial charge in [-0.2, -0.15) is 0 Å². The Hall–Kier alpha value is -0.400. The zero-order valence-corrected chi connectivity index (χ0v) is 11.9. The predicted octanol–water partition coefficient (Wildman–Crippen LogP) is 0.872. The van der Waals surface area contributed by atoms with Crippen molar-refractivity contribution >= 4 is 47.2 Å². The van der Waals surface area contributed by atoms with E-state index in [0.29, 0.717) is 5.13 Å². The lowest BCUT2D eigenvalue weighted by atomic mass is 10.2. The van der Waals surface area contributed by atoms with Crippen LogP contribution in [0.2, 0.25) is 0 Å². The second kappa shape index (κ2) is 7.13. The van der Waals surface area contributed by atoms with Crippen LogP contribution >= 0.6 is 36.2 Å². The Bertz CT molecular complexity index is 385. The molecular weight excluding hydrogens is 283 g/mol. The molecule has 0 bridgehead atoms. The normalized spacial score (nSPS) is 14.2. The standard InChI is InChI=1S/C9H14N4OS.2ClH/c1-13-3-2-6-7(5-13)15-9(11-6)12-8(14)4-10;;/h2-5,10H2,1H3,(H,11,12,14);2*1H. The predicted molar refractivity (Wildman–Crippen MR) is 74.3 cm³/mol. The van der Waals surface area contributed by atoms with E-state index < -0.39 is 0 Å². The van der Waals surface area contributed by atoms with E-state index in [4.69, 9.17) is 5.73 Å². The molecule has 98 valence electrons. The van der Waals surface area contributed by atoms with Gasteiger partial charge in [0, 0.05) is 24.4 Å². The van der Waals surface area contributed by atoms with Gasteiger partial charge in [-0.25, -0.2) is 4.98 Å². The van der Waals surface area contributed by atoms with E-state index >= 15 is 0 Å². The minimum absolute atomic E-state index is 0. The third-order valence-electron chi connectivity index (χ3n) is 2.35. The van der Waals surface area contributed by atoms with E-state index in [9.17, 15) is 4.79 Å². The summed E-state index contributed by atoms with van der Waals surface area (Å²) >= 11 is 1.54. The van der Waals surface area contributed by atoms with Crippen LogP contribution in [0.15, 0.2) is 0 Å². The number of thiazole rings is 1. The van der Waals surface area contributed by atoms with E-state index in [2.05, 4.69) is 22.2 Å². The molecule has 8 heteroatoms. The maximum atomic E-state index is 11.1. The van der Waals surface area contributed by atoms with Crippen LogP contribution in [-0.4, -0.2) is 35.9 Å². The van der Waals surface area contributed by atoms with Crippen molar-refractivity contribution in [1.82, 2.24) is 9.88 Å². The lowest BCUT2D eigenvalue weighted by Crippen LogP contribution is -2.25. The maximum absolute atomic E-state index is 11.1. The van der Waals surface area contributed by atoms with Crippen molar-refractivity contribution < 1.29 is 4.79 Å². The van der Waals surface area contributed by atoms with Crippen LogP contribution in [0.5, 0.6) is 0 Å². The molecule has 0 aliphatic carbocycles. The maximum Gasteiger partial charge on any atom is 0.239 e. The van der Waals surface area contributed by atoms with E-state index in [1.165, 1.54) is 4.88 Å². The van der Waals surface area contributed by atoms with Crippen LogP contribution in [0.4, 0.5) is 5.13 Å². The van der Waals surface area contributed by atoms with Gasteiger partial charge in [0.05, 0.1) is 12.2 Å². The number of likely N-dealkylation sites (N-methyl/N-ethyl adjacent to an activating group) is 1. The highest BCUT2D eigenvalue weighted by Crippen LogP contribution is 2.27. The van der Waals surface area contributed by atoms with Crippen LogP contribution in [0.25, 0.3) is 0 Å². The molecular formula is C9H16Cl2N4OS. The number of halogens is 2. The molecule has 5 nitrogen and oxygen atoms in total. The topological polar surface area (TPSA) is 71.2 Å². The molecule has 3 N–H and O–H groups in total. The minimum atomic E-state index is -0.186. The van der Waals surface area contributed by atoms with Crippen molar-refractivity contribution in [3.05, 3.63) is 10.6 Å². The third kappa shape index (κ3) is 4.08. The van der Waals surface area contributed by atoms with Crippen molar-refractivity contribution in [1.29, 1.82) is 0 Å². The highest BCUT2D eigenvalue weighted by molar-refractivity contribution is 7.15. The van der Waals surface area contributed by atoms with Gasteiger partial charge in [0.25, 0.3) is 0 Å². The molecule has 1 aromatic heterocycles. The Balaban J connectivity index is 0.00000128. The van der Waals surface area contributed by atoms with Crippen molar-refractivity contribution in [2.45, 2.75) is 13.0 Å². The quantitative estimate of drug-likeness (QED) is 0.850. The van der Waals surface area contributed by atoms with Crippen LogP contribution in [0.1, 0.15) is 10.6 Å². The molecule has 1 amide bonds. The molecule has 0 radical (unpaired) electrons. The molecule has 2 rings (SSSR count). The highest BCUT2D eigenvalue weighted by Gasteiger charge is 2.18. The number of nitrogens with two attached hydrogens (primary N) is 1.